The summed E-state index contributed by atoms with van der Waals surface area (Å²) in [7, 11) is -2.55. The molecule has 242 valence electrons. The van der Waals surface area contributed by atoms with Crippen LogP contribution in [0.25, 0.3) is 0 Å². The lowest BCUT2D eigenvalue weighted by atomic mass is 9.68. The first-order chi connectivity index (χ1) is 21.7. The second kappa shape index (κ2) is 12.2. The number of carbonyl (C=O) groups excluding carboxylic acids is 1. The number of amides is 1. The number of aliphatic hydroxyl groups excluding tert-OH is 1. The van der Waals surface area contributed by atoms with E-state index in [0.717, 1.165) is 55.7 Å². The van der Waals surface area contributed by atoms with Crippen LogP contribution in [0.1, 0.15) is 72.9 Å². The van der Waals surface area contributed by atoms with Crippen LogP contribution >= 0.6 is 11.6 Å². The number of methoxy groups -OCH3 is 1. The molecule has 7 rings (SSSR count). The number of rotatable bonds is 3. The number of carbonyl (C=O) groups is 1. The summed E-state index contributed by atoms with van der Waals surface area (Å²) >= 11 is 6.41. The van der Waals surface area contributed by atoms with E-state index in [4.69, 9.17) is 21.1 Å². The second-order valence-electron chi connectivity index (χ2n) is 13.9. The number of benzene rings is 2. The highest BCUT2D eigenvalue weighted by molar-refractivity contribution is 7.90. The standard InChI is InChI=1S/C35H43ClN2O6S/c1-43-32-6-2-5-30(39)27-12-9-25(27)19-38-20-35(15-3-4-23-17-26(36)11-13-28(23)35)21-44-31-14-10-24(18-29(31)38)34(40)37-45(41,42)33(32)16-22-7-8-22/h2,5,10-11,13-14,17-18,22,25,27,30,32-33,39H,3-4,6-9,12,15-16,19-21H2,1H3,(H,37,40)/b5-2-/t25-,27+,30-,32+,33-,35-/m0/s1. The summed E-state index contributed by atoms with van der Waals surface area (Å²) in [6.45, 7) is 1.88. The zero-order chi connectivity index (χ0) is 31.3. The van der Waals surface area contributed by atoms with Crippen molar-refractivity contribution < 1.29 is 27.8 Å². The Labute approximate surface area is 271 Å². The fourth-order valence-electron chi connectivity index (χ4n) is 8.13. The normalized spacial score (nSPS) is 33.5. The lowest BCUT2D eigenvalue weighted by molar-refractivity contribution is 0.0451. The Morgan fingerprint density at radius 2 is 2.00 bits per heavy atom. The quantitative estimate of drug-likeness (QED) is 0.427. The van der Waals surface area contributed by atoms with Crippen LogP contribution in [0.4, 0.5) is 5.69 Å². The lowest BCUT2D eigenvalue weighted by Gasteiger charge is -2.45. The monoisotopic (exact) mass is 654 g/mol. The third-order valence-corrected chi connectivity index (χ3v) is 13.0. The molecule has 2 heterocycles. The molecule has 2 aromatic rings. The maximum Gasteiger partial charge on any atom is 0.264 e. The van der Waals surface area contributed by atoms with Gasteiger partial charge in [-0.3, -0.25) is 4.79 Å². The average molecular weight is 655 g/mol. The minimum Gasteiger partial charge on any atom is -0.490 e. The van der Waals surface area contributed by atoms with Crippen molar-refractivity contribution in [1.82, 2.24) is 4.72 Å². The van der Waals surface area contributed by atoms with Gasteiger partial charge in [0.05, 0.1) is 24.5 Å². The lowest BCUT2D eigenvalue weighted by Crippen LogP contribution is -2.49. The predicted molar refractivity (Wildman–Crippen MR) is 175 cm³/mol. The summed E-state index contributed by atoms with van der Waals surface area (Å²) < 4.78 is 42.2. The van der Waals surface area contributed by atoms with Gasteiger partial charge in [0.1, 0.15) is 11.0 Å². The predicted octanol–water partition coefficient (Wildman–Crippen LogP) is 5.40. The number of aryl methyl sites for hydroxylation is 1. The summed E-state index contributed by atoms with van der Waals surface area (Å²) in [5.74, 6) is 0.684. The largest absolute Gasteiger partial charge is 0.490 e. The molecule has 1 amide bonds. The molecule has 2 bridgehead atoms. The van der Waals surface area contributed by atoms with Crippen LogP contribution in [0, 0.1) is 17.8 Å². The van der Waals surface area contributed by atoms with Gasteiger partial charge in [0.25, 0.3) is 5.91 Å². The van der Waals surface area contributed by atoms with Crippen LogP contribution in [-0.4, -0.2) is 63.7 Å². The molecule has 0 aromatic heterocycles. The summed E-state index contributed by atoms with van der Waals surface area (Å²) in [6.07, 6.45) is 10.0. The van der Waals surface area contributed by atoms with Crippen LogP contribution < -0.4 is 14.4 Å². The van der Waals surface area contributed by atoms with E-state index < -0.39 is 33.4 Å². The molecule has 2 aliphatic heterocycles. The van der Waals surface area contributed by atoms with E-state index in [0.29, 0.717) is 44.2 Å². The Morgan fingerprint density at radius 3 is 2.76 bits per heavy atom. The highest BCUT2D eigenvalue weighted by Crippen LogP contribution is 2.47. The van der Waals surface area contributed by atoms with Crippen molar-refractivity contribution in [3.63, 3.8) is 0 Å². The SMILES string of the molecule is CO[C@@H]1C/C=C\[C@H](O)[C@@H]2CC[C@H]2CN2C[C@@]3(CCCc4cc(Cl)ccc43)COc3ccc(cc32)C(=O)NS(=O)(=O)[C@H]1CC1CC1. The van der Waals surface area contributed by atoms with Crippen LogP contribution in [0.2, 0.25) is 5.02 Å². The first kappa shape index (κ1) is 31.0. The van der Waals surface area contributed by atoms with Gasteiger partial charge in [-0.25, -0.2) is 13.1 Å². The van der Waals surface area contributed by atoms with Gasteiger partial charge in [-0.15, -0.1) is 0 Å². The molecule has 6 atom stereocenters. The molecule has 0 saturated heterocycles. The Bertz CT molecular complexity index is 1590. The number of halogens is 1. The number of anilines is 1. The molecular formula is C35H43ClN2O6S. The molecule has 45 heavy (non-hydrogen) atoms. The van der Waals surface area contributed by atoms with E-state index in [1.165, 1.54) is 18.2 Å². The van der Waals surface area contributed by atoms with E-state index in [2.05, 4.69) is 21.8 Å². The highest BCUT2D eigenvalue weighted by Gasteiger charge is 2.45. The van der Waals surface area contributed by atoms with E-state index in [1.807, 2.05) is 18.2 Å². The fraction of sp³-hybridized carbons (Fsp3) is 0.571. The van der Waals surface area contributed by atoms with Crippen molar-refractivity contribution in [2.24, 2.45) is 17.8 Å². The zero-order valence-electron chi connectivity index (χ0n) is 25.8. The van der Waals surface area contributed by atoms with Gasteiger partial charge in [0.2, 0.25) is 10.0 Å². The van der Waals surface area contributed by atoms with Crippen molar-refractivity contribution in [2.45, 2.75) is 80.7 Å². The average Bonchev–Trinajstić information content (AvgIpc) is 3.83. The molecule has 2 aromatic carbocycles. The van der Waals surface area contributed by atoms with Gasteiger partial charge in [0, 0.05) is 36.2 Å². The molecule has 3 aliphatic carbocycles. The molecule has 2 N–H and O–H groups in total. The second-order valence-corrected chi connectivity index (χ2v) is 16.2. The summed E-state index contributed by atoms with van der Waals surface area (Å²) in [5.41, 5.74) is 3.29. The van der Waals surface area contributed by atoms with Crippen LogP contribution in [0.15, 0.2) is 48.6 Å². The number of hydrogen-bond acceptors (Lipinski definition) is 7. The van der Waals surface area contributed by atoms with Crippen molar-refractivity contribution in [1.29, 1.82) is 0 Å². The van der Waals surface area contributed by atoms with Gasteiger partial charge in [0.15, 0.2) is 0 Å². The third kappa shape index (κ3) is 6.13. The number of ether oxygens (including phenoxy) is 2. The molecule has 0 radical (unpaired) electrons. The summed E-state index contributed by atoms with van der Waals surface area (Å²) in [4.78, 5) is 16.0. The first-order valence-corrected chi connectivity index (χ1v) is 18.3. The van der Waals surface area contributed by atoms with Crippen LogP contribution in [-0.2, 0) is 26.6 Å². The molecule has 10 heteroatoms. The molecule has 2 saturated carbocycles. The molecule has 0 unspecified atom stereocenters. The molecule has 2 fully saturated rings. The maximum atomic E-state index is 13.8. The van der Waals surface area contributed by atoms with Gasteiger partial charge < -0.3 is 19.5 Å². The molecule has 5 aliphatic rings. The Balaban J connectivity index is 1.28. The van der Waals surface area contributed by atoms with E-state index >= 15 is 0 Å². The Kier molecular flexibility index (Phi) is 8.42. The Hall–Kier alpha value is -2.59. The molecular weight excluding hydrogens is 612 g/mol. The van der Waals surface area contributed by atoms with E-state index in [1.54, 1.807) is 18.2 Å². The number of hydrogen-bond donors (Lipinski definition) is 2. The number of nitrogens with zero attached hydrogens (tertiary/aromatic N) is 1. The number of aliphatic hydroxyl groups is 1. The third-order valence-electron chi connectivity index (χ3n) is 11.0. The number of nitrogens with one attached hydrogen (secondary N) is 1. The molecule has 1 spiro atoms. The van der Waals surface area contributed by atoms with Gasteiger partial charge in [-0.05, 0) is 104 Å². The maximum absolute atomic E-state index is 13.8. The molecule has 8 nitrogen and oxygen atoms in total. The van der Waals surface area contributed by atoms with Crippen molar-refractivity contribution >= 4 is 33.2 Å². The zero-order valence-corrected chi connectivity index (χ0v) is 27.4. The van der Waals surface area contributed by atoms with E-state index in [-0.39, 0.29) is 22.8 Å². The van der Waals surface area contributed by atoms with Crippen molar-refractivity contribution in [2.75, 3.05) is 31.7 Å². The first-order valence-electron chi connectivity index (χ1n) is 16.4. The van der Waals surface area contributed by atoms with Gasteiger partial charge >= 0.3 is 0 Å². The van der Waals surface area contributed by atoms with Gasteiger partial charge in [-0.2, -0.15) is 0 Å². The van der Waals surface area contributed by atoms with Crippen molar-refractivity contribution in [3.8, 4) is 5.75 Å². The smallest absolute Gasteiger partial charge is 0.264 e. The number of fused-ring (bicyclic) bond motifs is 4. The highest BCUT2D eigenvalue weighted by atomic mass is 35.5. The minimum atomic E-state index is -4.06. The van der Waals surface area contributed by atoms with Crippen molar-refractivity contribution in [3.05, 3.63) is 70.3 Å². The summed E-state index contributed by atoms with van der Waals surface area (Å²) in [6, 6.07) is 11.4. The van der Waals surface area contributed by atoms with Crippen LogP contribution in [0.3, 0.4) is 0 Å². The van der Waals surface area contributed by atoms with Crippen LogP contribution in [0.5, 0.6) is 5.75 Å². The summed E-state index contributed by atoms with van der Waals surface area (Å²) in [5, 5.41) is 11.1. The van der Waals surface area contributed by atoms with Gasteiger partial charge in [-0.1, -0.05) is 42.7 Å². The Morgan fingerprint density at radius 1 is 1.16 bits per heavy atom. The fourth-order valence-corrected chi connectivity index (χ4v) is 10.00. The van der Waals surface area contributed by atoms with E-state index in [9.17, 15) is 18.3 Å². The topological polar surface area (TPSA) is 105 Å². The number of sulfonamides is 1. The minimum absolute atomic E-state index is 0.0913.